The number of hydrogen-bond acceptors (Lipinski definition) is 6. The third kappa shape index (κ3) is 5.66. The van der Waals surface area contributed by atoms with E-state index in [1.165, 1.54) is 22.5 Å². The molecule has 0 aliphatic carbocycles. The van der Waals surface area contributed by atoms with Gasteiger partial charge in [-0.25, -0.2) is 8.42 Å². The van der Waals surface area contributed by atoms with Crippen LogP contribution in [0.15, 0.2) is 23.1 Å². The van der Waals surface area contributed by atoms with Crippen molar-refractivity contribution in [2.24, 2.45) is 5.92 Å². The Morgan fingerprint density at radius 1 is 1.25 bits per heavy atom. The van der Waals surface area contributed by atoms with Gasteiger partial charge in [-0.1, -0.05) is 25.4 Å². The Labute approximate surface area is 170 Å². The first-order valence-electron chi connectivity index (χ1n) is 9.13. The van der Waals surface area contributed by atoms with E-state index in [4.69, 9.17) is 21.1 Å². The summed E-state index contributed by atoms with van der Waals surface area (Å²) in [5.41, 5.74) is 0.139. The second kappa shape index (κ2) is 10.2. The van der Waals surface area contributed by atoms with Crippen LogP contribution in [-0.2, 0) is 29.1 Å². The zero-order valence-electron chi connectivity index (χ0n) is 15.9. The topological polar surface area (TPSA) is 102 Å². The number of esters is 1. The van der Waals surface area contributed by atoms with Crippen molar-refractivity contribution in [3.05, 3.63) is 23.2 Å². The molecule has 10 heteroatoms. The minimum atomic E-state index is -3.72. The smallest absolute Gasteiger partial charge is 0.309 e. The molecule has 1 aliphatic heterocycles. The summed E-state index contributed by atoms with van der Waals surface area (Å²) in [5.74, 6) is -1.28. The monoisotopic (exact) mass is 432 g/mol. The summed E-state index contributed by atoms with van der Waals surface area (Å²) in [6.45, 7) is 4.46. The van der Waals surface area contributed by atoms with E-state index in [2.05, 4.69) is 5.32 Å². The van der Waals surface area contributed by atoms with E-state index in [1.807, 2.05) is 13.8 Å². The normalized spacial score (nSPS) is 15.4. The van der Waals surface area contributed by atoms with Gasteiger partial charge in [0.1, 0.15) is 0 Å². The van der Waals surface area contributed by atoms with E-state index >= 15 is 0 Å². The Hall–Kier alpha value is -1.68. The lowest BCUT2D eigenvalue weighted by molar-refractivity contribution is -0.151. The molecule has 0 unspecified atom stereocenters. The van der Waals surface area contributed by atoms with Crippen molar-refractivity contribution in [3.63, 3.8) is 0 Å². The van der Waals surface area contributed by atoms with Gasteiger partial charge in [0.05, 0.1) is 34.7 Å². The lowest BCUT2D eigenvalue weighted by Gasteiger charge is -2.26. The van der Waals surface area contributed by atoms with Gasteiger partial charge in [0.2, 0.25) is 10.0 Å². The van der Waals surface area contributed by atoms with Crippen molar-refractivity contribution in [2.75, 3.05) is 38.2 Å². The number of benzene rings is 1. The minimum Gasteiger partial charge on any atom is -0.455 e. The van der Waals surface area contributed by atoms with Crippen LogP contribution in [0, 0.1) is 5.92 Å². The van der Waals surface area contributed by atoms with E-state index in [1.54, 1.807) is 0 Å². The molecule has 0 saturated carbocycles. The number of anilines is 1. The van der Waals surface area contributed by atoms with Gasteiger partial charge >= 0.3 is 5.97 Å². The van der Waals surface area contributed by atoms with Gasteiger partial charge in [-0.05, 0) is 31.0 Å². The third-order valence-corrected chi connectivity index (χ3v) is 6.71. The number of sulfonamides is 1. The lowest BCUT2D eigenvalue weighted by atomic mass is 10.0. The maximum absolute atomic E-state index is 12.7. The van der Waals surface area contributed by atoms with Gasteiger partial charge in [-0.15, -0.1) is 0 Å². The molecule has 1 fully saturated rings. The number of carbonyl (C=O) groups excluding carboxylic acids is 2. The Bertz CT molecular complexity index is 804. The number of halogens is 1. The first kappa shape index (κ1) is 22.6. The summed E-state index contributed by atoms with van der Waals surface area (Å²) in [5, 5.41) is 2.68. The number of carbonyl (C=O) groups is 2. The summed E-state index contributed by atoms with van der Waals surface area (Å²) >= 11 is 6.08. The van der Waals surface area contributed by atoms with Crippen LogP contribution >= 0.6 is 11.6 Å². The van der Waals surface area contributed by atoms with E-state index in [9.17, 15) is 18.0 Å². The molecule has 0 aromatic heterocycles. The lowest BCUT2D eigenvalue weighted by Crippen LogP contribution is -2.40. The number of hydrogen-bond donors (Lipinski definition) is 1. The third-order valence-electron chi connectivity index (χ3n) is 4.48. The molecule has 1 saturated heterocycles. The van der Waals surface area contributed by atoms with Gasteiger partial charge < -0.3 is 14.8 Å². The summed E-state index contributed by atoms with van der Waals surface area (Å²) in [6, 6.07) is 4.09. The fraction of sp³-hybridized carbons (Fsp3) is 0.556. The molecule has 0 bridgehead atoms. The molecule has 1 aliphatic rings. The molecular weight excluding hydrogens is 408 g/mol. The highest BCUT2D eigenvalue weighted by Crippen LogP contribution is 2.27. The molecule has 156 valence electrons. The van der Waals surface area contributed by atoms with E-state index in [0.29, 0.717) is 26.1 Å². The second-order valence-corrected chi connectivity index (χ2v) is 8.67. The molecule has 1 aromatic carbocycles. The number of ether oxygens (including phenoxy) is 2. The van der Waals surface area contributed by atoms with Crippen molar-refractivity contribution >= 4 is 39.2 Å². The fourth-order valence-corrected chi connectivity index (χ4v) is 4.36. The quantitative estimate of drug-likeness (QED) is 0.632. The standard InChI is InChI=1S/C18H25ClN2O6S/c1-3-13(4-2)18(23)27-12-17(22)20-16-11-14(5-6-15(16)19)28(24,25)21-7-9-26-10-8-21/h5-6,11,13H,3-4,7-10,12H2,1-2H3,(H,20,22). The average molecular weight is 433 g/mol. The molecule has 8 nitrogen and oxygen atoms in total. The largest absolute Gasteiger partial charge is 0.455 e. The predicted octanol–water partition coefficient (Wildman–Crippen LogP) is 2.28. The minimum absolute atomic E-state index is 0.0168. The zero-order valence-corrected chi connectivity index (χ0v) is 17.5. The number of nitrogens with zero attached hydrogens (tertiary/aromatic N) is 1. The van der Waals surface area contributed by atoms with Gasteiger partial charge in [-0.3, -0.25) is 9.59 Å². The molecular formula is C18H25ClN2O6S. The summed E-state index contributed by atoms with van der Waals surface area (Å²) in [4.78, 5) is 24.0. The molecule has 0 radical (unpaired) electrons. The van der Waals surface area contributed by atoms with Crippen LogP contribution in [0.3, 0.4) is 0 Å². The van der Waals surface area contributed by atoms with Gasteiger partial charge in [0.25, 0.3) is 5.91 Å². The van der Waals surface area contributed by atoms with Crippen LogP contribution in [0.1, 0.15) is 26.7 Å². The Morgan fingerprint density at radius 3 is 2.50 bits per heavy atom. The Morgan fingerprint density at radius 2 is 1.89 bits per heavy atom. The number of morpholine rings is 1. The number of nitrogens with one attached hydrogen (secondary N) is 1. The first-order valence-corrected chi connectivity index (χ1v) is 10.9. The maximum atomic E-state index is 12.7. The van der Waals surface area contributed by atoms with E-state index in [0.717, 1.165) is 0 Å². The maximum Gasteiger partial charge on any atom is 0.309 e. The van der Waals surface area contributed by atoms with Crippen LogP contribution in [0.2, 0.25) is 5.02 Å². The molecule has 1 amide bonds. The predicted molar refractivity (Wildman–Crippen MR) is 105 cm³/mol. The van der Waals surface area contributed by atoms with Crippen LogP contribution in [0.25, 0.3) is 0 Å². The number of amides is 1. The molecule has 1 N–H and O–H groups in total. The molecule has 2 rings (SSSR count). The van der Waals surface area contributed by atoms with E-state index in [-0.39, 0.29) is 34.6 Å². The fourth-order valence-electron chi connectivity index (χ4n) is 2.76. The van der Waals surface area contributed by atoms with E-state index < -0.39 is 28.5 Å². The second-order valence-electron chi connectivity index (χ2n) is 6.33. The summed E-state index contributed by atoms with van der Waals surface area (Å²) < 4.78 is 37.0. The Kier molecular flexibility index (Phi) is 8.23. The SMILES string of the molecule is CCC(CC)C(=O)OCC(=O)Nc1cc(S(=O)(=O)N2CCOCC2)ccc1Cl. The highest BCUT2D eigenvalue weighted by molar-refractivity contribution is 7.89. The molecule has 1 aromatic rings. The van der Waals surface area contributed by atoms with Crippen LogP contribution in [0.5, 0.6) is 0 Å². The average Bonchev–Trinajstić information content (AvgIpc) is 2.69. The van der Waals surface area contributed by atoms with Gasteiger partial charge in [0.15, 0.2) is 6.61 Å². The molecule has 0 atom stereocenters. The highest BCUT2D eigenvalue weighted by atomic mass is 35.5. The van der Waals surface area contributed by atoms with Crippen molar-refractivity contribution in [1.29, 1.82) is 0 Å². The zero-order chi connectivity index (χ0) is 20.7. The van der Waals surface area contributed by atoms with Gasteiger partial charge in [-0.2, -0.15) is 4.31 Å². The summed E-state index contributed by atoms with van der Waals surface area (Å²) in [7, 11) is -3.72. The molecule has 28 heavy (non-hydrogen) atoms. The highest BCUT2D eigenvalue weighted by Gasteiger charge is 2.27. The van der Waals surface area contributed by atoms with Crippen molar-refractivity contribution in [1.82, 2.24) is 4.31 Å². The van der Waals surface area contributed by atoms with Crippen LogP contribution in [0.4, 0.5) is 5.69 Å². The van der Waals surface area contributed by atoms with Crippen LogP contribution in [-0.4, -0.2) is 57.5 Å². The Balaban J connectivity index is 2.06. The van der Waals surface area contributed by atoms with Crippen molar-refractivity contribution in [3.8, 4) is 0 Å². The first-order chi connectivity index (χ1) is 13.3. The van der Waals surface area contributed by atoms with Crippen molar-refractivity contribution in [2.45, 2.75) is 31.6 Å². The molecule has 0 spiro atoms. The molecule has 1 heterocycles. The van der Waals surface area contributed by atoms with Gasteiger partial charge in [0, 0.05) is 13.1 Å². The number of rotatable bonds is 8. The summed E-state index contributed by atoms with van der Waals surface area (Å²) in [6.07, 6.45) is 1.26. The van der Waals surface area contributed by atoms with Crippen molar-refractivity contribution < 1.29 is 27.5 Å². The van der Waals surface area contributed by atoms with Crippen LogP contribution < -0.4 is 5.32 Å².